The molecular formula is C15H20N4O2S. The van der Waals surface area contributed by atoms with E-state index in [0.717, 1.165) is 29.9 Å². The van der Waals surface area contributed by atoms with Gasteiger partial charge >= 0.3 is 0 Å². The van der Waals surface area contributed by atoms with Gasteiger partial charge in [0.25, 0.3) is 0 Å². The molecule has 1 aromatic carbocycles. The quantitative estimate of drug-likeness (QED) is 0.460. The van der Waals surface area contributed by atoms with Crippen LogP contribution >= 0.6 is 12.2 Å². The first-order chi connectivity index (χ1) is 10.7. The fourth-order valence-corrected chi connectivity index (χ4v) is 1.92. The number of unbranched alkanes of at least 4 members (excludes halogenated alkanes) is 1. The van der Waals surface area contributed by atoms with E-state index in [1.807, 2.05) is 25.1 Å². The van der Waals surface area contributed by atoms with Crippen LogP contribution in [-0.4, -0.2) is 34.3 Å². The average molecular weight is 320 g/mol. The van der Waals surface area contributed by atoms with Gasteiger partial charge in [0.2, 0.25) is 4.77 Å². The van der Waals surface area contributed by atoms with E-state index < -0.39 is 0 Å². The van der Waals surface area contributed by atoms with Gasteiger partial charge in [-0.2, -0.15) is 14.9 Å². The van der Waals surface area contributed by atoms with Gasteiger partial charge in [-0.05, 0) is 49.3 Å². The third-order valence-corrected chi connectivity index (χ3v) is 3.17. The van der Waals surface area contributed by atoms with Crippen LogP contribution in [-0.2, 0) is 0 Å². The number of benzene rings is 1. The maximum absolute atomic E-state index is 5.75. The van der Waals surface area contributed by atoms with Crippen molar-refractivity contribution in [3.05, 3.63) is 34.9 Å². The van der Waals surface area contributed by atoms with Gasteiger partial charge in [-0.1, -0.05) is 13.3 Å². The van der Waals surface area contributed by atoms with Crippen LogP contribution in [0, 0.1) is 4.77 Å². The van der Waals surface area contributed by atoms with Crippen LogP contribution in [0.15, 0.2) is 29.6 Å². The zero-order valence-corrected chi connectivity index (χ0v) is 13.6. The van der Waals surface area contributed by atoms with E-state index in [0.29, 0.717) is 18.0 Å². The van der Waals surface area contributed by atoms with Crippen molar-refractivity contribution in [2.24, 2.45) is 5.10 Å². The molecule has 6 nitrogen and oxygen atoms in total. The summed E-state index contributed by atoms with van der Waals surface area (Å²) < 4.78 is 13.3. The van der Waals surface area contributed by atoms with Gasteiger partial charge in [0.05, 0.1) is 19.4 Å². The van der Waals surface area contributed by atoms with Gasteiger partial charge < -0.3 is 9.47 Å². The predicted octanol–water partition coefficient (Wildman–Crippen LogP) is 3.40. The molecule has 0 bridgehead atoms. The van der Waals surface area contributed by atoms with Crippen molar-refractivity contribution in [2.45, 2.75) is 26.7 Å². The Morgan fingerprint density at radius 2 is 2.18 bits per heavy atom. The first-order valence-electron chi connectivity index (χ1n) is 7.30. The highest BCUT2D eigenvalue weighted by atomic mass is 32.1. The van der Waals surface area contributed by atoms with E-state index in [4.69, 9.17) is 21.7 Å². The number of ether oxygens (including phenoxy) is 2. The Hall–Kier alpha value is -2.15. The number of hydrogen-bond acceptors (Lipinski definition) is 5. The van der Waals surface area contributed by atoms with Crippen LogP contribution in [0.1, 0.15) is 32.3 Å². The molecule has 22 heavy (non-hydrogen) atoms. The molecule has 0 saturated heterocycles. The van der Waals surface area contributed by atoms with Crippen molar-refractivity contribution < 1.29 is 9.47 Å². The van der Waals surface area contributed by atoms with Crippen molar-refractivity contribution in [1.29, 1.82) is 0 Å². The zero-order valence-electron chi connectivity index (χ0n) is 12.8. The summed E-state index contributed by atoms with van der Waals surface area (Å²) >= 11 is 5.03. The van der Waals surface area contributed by atoms with Crippen LogP contribution in [0.25, 0.3) is 0 Å². The van der Waals surface area contributed by atoms with E-state index in [9.17, 15) is 0 Å². The van der Waals surface area contributed by atoms with Gasteiger partial charge in [0, 0.05) is 0 Å². The highest BCUT2D eigenvalue weighted by Crippen LogP contribution is 2.28. The summed E-state index contributed by atoms with van der Waals surface area (Å²) in [5, 5.41) is 10.7. The molecule has 118 valence electrons. The minimum atomic E-state index is 0.445. The van der Waals surface area contributed by atoms with E-state index >= 15 is 0 Å². The Balaban J connectivity index is 2.15. The van der Waals surface area contributed by atoms with Crippen LogP contribution in [0.4, 0.5) is 0 Å². The van der Waals surface area contributed by atoms with Gasteiger partial charge in [-0.3, -0.25) is 5.10 Å². The lowest BCUT2D eigenvalue weighted by Gasteiger charge is -2.12. The fourth-order valence-electron chi connectivity index (χ4n) is 1.77. The Morgan fingerprint density at radius 1 is 1.32 bits per heavy atom. The number of aromatic nitrogens is 3. The molecule has 0 aliphatic carbocycles. The standard InChI is InChI=1S/C15H20N4O2S/c1-3-5-8-21-13-7-6-12(9-14(13)20-4-2)10-17-19-11-16-18-15(19)22/h6-7,9-11H,3-5,8H2,1-2H3,(H,18,22). The average Bonchev–Trinajstić information content (AvgIpc) is 2.93. The molecule has 2 aromatic rings. The molecule has 0 aliphatic rings. The molecule has 0 radical (unpaired) electrons. The van der Waals surface area contributed by atoms with Gasteiger partial charge in [-0.15, -0.1) is 0 Å². The van der Waals surface area contributed by atoms with Crippen LogP contribution in [0.2, 0.25) is 0 Å². The molecule has 0 amide bonds. The Bertz CT molecular complexity index is 678. The summed E-state index contributed by atoms with van der Waals surface area (Å²) in [6.07, 6.45) is 5.34. The number of nitrogens with zero attached hydrogens (tertiary/aromatic N) is 3. The smallest absolute Gasteiger partial charge is 0.216 e. The minimum absolute atomic E-state index is 0.445. The fraction of sp³-hybridized carbons (Fsp3) is 0.400. The number of H-pyrrole nitrogens is 1. The third-order valence-electron chi connectivity index (χ3n) is 2.89. The second-order valence-corrected chi connectivity index (χ2v) is 4.98. The number of aromatic amines is 1. The SMILES string of the molecule is CCCCOc1ccc(C=Nn2cn[nH]c2=S)cc1OCC. The van der Waals surface area contributed by atoms with Crippen molar-refractivity contribution in [1.82, 2.24) is 14.9 Å². The minimum Gasteiger partial charge on any atom is -0.490 e. The summed E-state index contributed by atoms with van der Waals surface area (Å²) in [5.41, 5.74) is 0.898. The maximum atomic E-state index is 5.75. The zero-order chi connectivity index (χ0) is 15.8. The molecule has 0 unspecified atom stereocenters. The van der Waals surface area contributed by atoms with Crippen LogP contribution in [0.3, 0.4) is 0 Å². The number of hydrogen-bond donors (Lipinski definition) is 1. The van der Waals surface area contributed by atoms with Gasteiger partial charge in [0.15, 0.2) is 11.5 Å². The molecular weight excluding hydrogens is 300 g/mol. The molecule has 0 fully saturated rings. The topological polar surface area (TPSA) is 64.4 Å². The summed E-state index contributed by atoms with van der Waals surface area (Å²) in [6, 6.07) is 5.73. The molecule has 0 spiro atoms. The lowest BCUT2D eigenvalue weighted by Crippen LogP contribution is -2.01. The summed E-state index contributed by atoms with van der Waals surface area (Å²) in [6.45, 7) is 5.35. The Labute approximate surface area is 134 Å². The molecule has 2 rings (SSSR count). The normalized spacial score (nSPS) is 11.0. The van der Waals surface area contributed by atoms with Gasteiger partial charge in [0.1, 0.15) is 6.33 Å². The van der Waals surface area contributed by atoms with Gasteiger partial charge in [-0.25, -0.2) is 0 Å². The lowest BCUT2D eigenvalue weighted by atomic mass is 10.2. The van der Waals surface area contributed by atoms with Crippen molar-refractivity contribution in [2.75, 3.05) is 13.2 Å². The largest absolute Gasteiger partial charge is 0.490 e. The molecule has 0 atom stereocenters. The van der Waals surface area contributed by atoms with E-state index in [-0.39, 0.29) is 0 Å². The Kier molecular flexibility index (Phi) is 6.14. The summed E-state index contributed by atoms with van der Waals surface area (Å²) in [4.78, 5) is 0. The third kappa shape index (κ3) is 4.42. The van der Waals surface area contributed by atoms with Crippen LogP contribution in [0.5, 0.6) is 11.5 Å². The molecule has 0 saturated carbocycles. The molecule has 1 N–H and O–H groups in total. The van der Waals surface area contributed by atoms with Crippen molar-refractivity contribution in [3.63, 3.8) is 0 Å². The molecule has 1 heterocycles. The predicted molar refractivity (Wildman–Crippen MR) is 88.4 cm³/mol. The monoisotopic (exact) mass is 320 g/mol. The number of rotatable bonds is 8. The first kappa shape index (κ1) is 16.2. The van der Waals surface area contributed by atoms with E-state index in [1.165, 1.54) is 11.0 Å². The van der Waals surface area contributed by atoms with E-state index in [2.05, 4.69) is 22.2 Å². The van der Waals surface area contributed by atoms with Crippen molar-refractivity contribution >= 4 is 18.4 Å². The van der Waals surface area contributed by atoms with E-state index in [1.54, 1.807) is 6.21 Å². The van der Waals surface area contributed by atoms with Crippen LogP contribution < -0.4 is 9.47 Å². The lowest BCUT2D eigenvalue weighted by molar-refractivity contribution is 0.272. The number of nitrogens with one attached hydrogen (secondary N) is 1. The highest BCUT2D eigenvalue weighted by molar-refractivity contribution is 7.71. The Morgan fingerprint density at radius 3 is 2.86 bits per heavy atom. The second-order valence-electron chi connectivity index (χ2n) is 4.59. The molecule has 7 heteroatoms. The van der Waals surface area contributed by atoms with Crippen molar-refractivity contribution in [3.8, 4) is 11.5 Å². The first-order valence-corrected chi connectivity index (χ1v) is 7.71. The highest BCUT2D eigenvalue weighted by Gasteiger charge is 2.05. The summed E-state index contributed by atoms with van der Waals surface area (Å²) in [7, 11) is 0. The molecule has 0 aliphatic heterocycles. The summed E-state index contributed by atoms with van der Waals surface area (Å²) in [5.74, 6) is 1.48. The maximum Gasteiger partial charge on any atom is 0.216 e. The second kappa shape index (κ2) is 8.33. The molecule has 1 aromatic heterocycles.